The number of aromatic nitrogens is 3. The summed E-state index contributed by atoms with van der Waals surface area (Å²) < 4.78 is 1.80. The number of likely N-dealkylation sites (N-methyl/N-ethyl adjacent to an activating group) is 1. The van der Waals surface area contributed by atoms with Gasteiger partial charge in [-0.1, -0.05) is 19.9 Å². The normalized spacial score (nSPS) is 10.8. The number of anilines is 1. The van der Waals surface area contributed by atoms with E-state index in [4.69, 9.17) is 0 Å². The van der Waals surface area contributed by atoms with Crippen LogP contribution in [0.15, 0.2) is 35.3 Å². The van der Waals surface area contributed by atoms with Crippen LogP contribution in [-0.2, 0) is 24.2 Å². The van der Waals surface area contributed by atoms with Crippen LogP contribution in [0.25, 0.3) is 10.9 Å². The van der Waals surface area contributed by atoms with Gasteiger partial charge in [-0.15, -0.1) is 0 Å². The molecule has 0 bridgehead atoms. The van der Waals surface area contributed by atoms with Crippen LogP contribution in [0.3, 0.4) is 0 Å². The Balaban J connectivity index is 1.95. The van der Waals surface area contributed by atoms with E-state index in [2.05, 4.69) is 20.8 Å². The molecule has 2 amide bonds. The first-order valence-electron chi connectivity index (χ1n) is 9.19. The van der Waals surface area contributed by atoms with Gasteiger partial charge in [0.1, 0.15) is 12.1 Å². The zero-order chi connectivity index (χ0) is 20.3. The number of fused-ring (bicyclic) bond motifs is 1. The number of amides is 2. The summed E-state index contributed by atoms with van der Waals surface area (Å²) in [6.07, 6.45) is 2.98. The van der Waals surface area contributed by atoms with Gasteiger partial charge in [0.2, 0.25) is 5.91 Å². The molecule has 0 fully saturated rings. The van der Waals surface area contributed by atoms with Crippen LogP contribution in [0.2, 0.25) is 0 Å². The maximum atomic E-state index is 12.8. The molecule has 1 aromatic carbocycles. The smallest absolute Gasteiger partial charge is 0.277 e. The molecule has 28 heavy (non-hydrogen) atoms. The average Bonchev–Trinajstić information content (AvgIpc) is 3.09. The van der Waals surface area contributed by atoms with Crippen molar-refractivity contribution in [3.63, 3.8) is 0 Å². The zero-order valence-corrected chi connectivity index (χ0v) is 16.1. The molecule has 3 aromatic rings. The lowest BCUT2D eigenvalue weighted by molar-refractivity contribution is -0.121. The second-order valence-corrected chi connectivity index (χ2v) is 6.40. The number of nitrogens with one attached hydrogen (secondary N) is 3. The summed E-state index contributed by atoms with van der Waals surface area (Å²) >= 11 is 0. The fourth-order valence-electron chi connectivity index (χ4n) is 3.26. The van der Waals surface area contributed by atoms with E-state index < -0.39 is 11.5 Å². The minimum Gasteiger partial charge on any atom is -0.358 e. The minimum atomic E-state index is -0.504. The molecular formula is C20H23N5O3. The summed E-state index contributed by atoms with van der Waals surface area (Å²) in [6, 6.07) is 7.32. The number of aryl methyl sites for hydroxylation is 1. The van der Waals surface area contributed by atoms with Gasteiger partial charge in [0.15, 0.2) is 0 Å². The van der Waals surface area contributed by atoms with Gasteiger partial charge in [-0.3, -0.25) is 14.4 Å². The maximum absolute atomic E-state index is 12.8. The Bertz CT molecular complexity index is 1100. The van der Waals surface area contributed by atoms with E-state index in [1.807, 2.05) is 32.2 Å². The molecule has 3 N–H and O–H groups in total. The fourth-order valence-corrected chi connectivity index (χ4v) is 3.26. The molecule has 8 nitrogen and oxygen atoms in total. The van der Waals surface area contributed by atoms with Crippen molar-refractivity contribution in [2.45, 2.75) is 33.2 Å². The lowest BCUT2D eigenvalue weighted by atomic mass is 10.0. The van der Waals surface area contributed by atoms with Crippen LogP contribution >= 0.6 is 0 Å². The molecule has 146 valence electrons. The second kappa shape index (κ2) is 8.08. The van der Waals surface area contributed by atoms with E-state index in [0.717, 1.165) is 10.9 Å². The van der Waals surface area contributed by atoms with Crippen molar-refractivity contribution in [2.24, 2.45) is 0 Å². The van der Waals surface area contributed by atoms with Crippen LogP contribution in [-0.4, -0.2) is 33.6 Å². The molecule has 2 heterocycles. The molecule has 0 saturated carbocycles. The standard InChI is InChI=1S/C20H23N5O3/c1-4-14-15(5-2)23-24-20(28)18(14)19(27)22-13-7-6-12-8-9-25(16(12)10-13)11-17(26)21-3/h6-10H,4-5,11H2,1-3H3,(H,21,26)(H,22,27)(H,24,28). The number of H-pyrrole nitrogens is 1. The number of carbonyl (C=O) groups excluding carboxylic acids is 2. The van der Waals surface area contributed by atoms with Crippen LogP contribution < -0.4 is 16.2 Å². The summed E-state index contributed by atoms with van der Waals surface area (Å²) in [5.74, 6) is -0.589. The Kier molecular flexibility index (Phi) is 5.58. The Morgan fingerprint density at radius 3 is 2.64 bits per heavy atom. The first-order valence-corrected chi connectivity index (χ1v) is 9.19. The summed E-state index contributed by atoms with van der Waals surface area (Å²) in [7, 11) is 1.59. The molecule has 3 rings (SSSR count). The topological polar surface area (TPSA) is 109 Å². The number of hydrogen-bond donors (Lipinski definition) is 3. The van der Waals surface area contributed by atoms with Crippen molar-refractivity contribution in [2.75, 3.05) is 12.4 Å². The van der Waals surface area contributed by atoms with Gasteiger partial charge >= 0.3 is 0 Å². The molecular weight excluding hydrogens is 358 g/mol. The Morgan fingerprint density at radius 2 is 1.96 bits per heavy atom. The molecule has 0 saturated heterocycles. The third kappa shape index (κ3) is 3.66. The fraction of sp³-hybridized carbons (Fsp3) is 0.300. The van der Waals surface area contributed by atoms with Crippen molar-refractivity contribution in [1.82, 2.24) is 20.1 Å². The molecule has 0 aliphatic heterocycles. The quantitative estimate of drug-likeness (QED) is 0.605. The number of aromatic amines is 1. The highest BCUT2D eigenvalue weighted by atomic mass is 16.2. The van der Waals surface area contributed by atoms with E-state index in [9.17, 15) is 14.4 Å². The first kappa shape index (κ1) is 19.3. The van der Waals surface area contributed by atoms with E-state index in [1.165, 1.54) is 0 Å². The van der Waals surface area contributed by atoms with Gasteiger partial charge in [-0.2, -0.15) is 5.10 Å². The molecule has 0 unspecified atom stereocenters. The largest absolute Gasteiger partial charge is 0.358 e. The summed E-state index contributed by atoms with van der Waals surface area (Å²) in [5.41, 5.74) is 2.32. The van der Waals surface area contributed by atoms with Gasteiger partial charge in [0.25, 0.3) is 11.5 Å². The maximum Gasteiger partial charge on any atom is 0.277 e. The van der Waals surface area contributed by atoms with Crippen molar-refractivity contribution in [3.8, 4) is 0 Å². The Labute approximate surface area is 162 Å². The van der Waals surface area contributed by atoms with Gasteiger partial charge in [0.05, 0.1) is 11.2 Å². The number of rotatable bonds is 6. The molecule has 0 radical (unpaired) electrons. The highest BCUT2D eigenvalue weighted by Crippen LogP contribution is 2.21. The van der Waals surface area contributed by atoms with E-state index in [1.54, 1.807) is 23.7 Å². The minimum absolute atomic E-state index is 0.0928. The van der Waals surface area contributed by atoms with Crippen LogP contribution in [0, 0.1) is 0 Å². The van der Waals surface area contributed by atoms with Crippen molar-refractivity contribution in [1.29, 1.82) is 0 Å². The van der Waals surface area contributed by atoms with Gasteiger partial charge in [-0.25, -0.2) is 5.10 Å². The summed E-state index contributed by atoms with van der Waals surface area (Å²) in [5, 5.41) is 12.8. The molecule has 0 atom stereocenters. The number of hydrogen-bond acceptors (Lipinski definition) is 4. The van der Waals surface area contributed by atoms with Crippen molar-refractivity contribution >= 4 is 28.4 Å². The SMILES string of the molecule is CCc1n[nH]c(=O)c(C(=O)Nc2ccc3ccn(CC(=O)NC)c3c2)c1CC. The molecule has 0 aliphatic rings. The van der Waals surface area contributed by atoms with E-state index >= 15 is 0 Å². The van der Waals surface area contributed by atoms with Crippen LogP contribution in [0.5, 0.6) is 0 Å². The Morgan fingerprint density at radius 1 is 1.18 bits per heavy atom. The van der Waals surface area contributed by atoms with Crippen molar-refractivity contribution < 1.29 is 9.59 Å². The van der Waals surface area contributed by atoms with Gasteiger partial charge in [-0.05, 0) is 42.0 Å². The third-order valence-electron chi connectivity index (χ3n) is 4.71. The van der Waals surface area contributed by atoms with E-state index in [-0.39, 0.29) is 18.0 Å². The second-order valence-electron chi connectivity index (χ2n) is 6.40. The summed E-state index contributed by atoms with van der Waals surface area (Å²) in [6.45, 7) is 4.00. The monoisotopic (exact) mass is 381 g/mol. The van der Waals surface area contributed by atoms with E-state index in [0.29, 0.717) is 29.8 Å². The first-order chi connectivity index (χ1) is 13.5. The highest BCUT2D eigenvalue weighted by molar-refractivity contribution is 6.06. The van der Waals surface area contributed by atoms with Crippen LogP contribution in [0.4, 0.5) is 5.69 Å². The van der Waals surface area contributed by atoms with Gasteiger partial charge < -0.3 is 15.2 Å². The van der Waals surface area contributed by atoms with Crippen molar-refractivity contribution in [3.05, 3.63) is 57.6 Å². The lowest BCUT2D eigenvalue weighted by Gasteiger charge is -2.11. The third-order valence-corrected chi connectivity index (χ3v) is 4.71. The zero-order valence-electron chi connectivity index (χ0n) is 16.1. The number of carbonyl (C=O) groups is 2. The molecule has 2 aromatic heterocycles. The molecule has 8 heteroatoms. The molecule has 0 spiro atoms. The van der Waals surface area contributed by atoms with Gasteiger partial charge in [0, 0.05) is 18.9 Å². The lowest BCUT2D eigenvalue weighted by Crippen LogP contribution is -2.28. The highest BCUT2D eigenvalue weighted by Gasteiger charge is 2.19. The number of nitrogens with zero attached hydrogens (tertiary/aromatic N) is 2. The van der Waals surface area contributed by atoms with Crippen LogP contribution in [0.1, 0.15) is 35.5 Å². The average molecular weight is 381 g/mol. The number of benzene rings is 1. The predicted octanol–water partition coefficient (Wildman–Crippen LogP) is 1.85. The summed E-state index contributed by atoms with van der Waals surface area (Å²) in [4.78, 5) is 36.8. The Hall–Kier alpha value is -3.42. The molecule has 0 aliphatic carbocycles. The predicted molar refractivity (Wildman–Crippen MR) is 108 cm³/mol.